The summed E-state index contributed by atoms with van der Waals surface area (Å²) in [5.74, 6) is 0. The SMILES string of the molecule is CCC(C#N)(CCCN1CCC(=C2c3ccccc3C=Cc3ccccc32)CC1)c1ccccc1.Cl. The Labute approximate surface area is 222 Å². The molecule has 2 aliphatic rings. The van der Waals surface area contributed by atoms with Crippen molar-refractivity contribution in [3.05, 3.63) is 112 Å². The maximum absolute atomic E-state index is 10.1. The molecule has 1 saturated heterocycles. The van der Waals surface area contributed by atoms with E-state index in [1.165, 1.54) is 27.8 Å². The number of rotatable bonds is 6. The lowest BCUT2D eigenvalue weighted by atomic mass is 9.76. The van der Waals surface area contributed by atoms with Crippen molar-refractivity contribution in [2.75, 3.05) is 19.6 Å². The molecule has 0 spiro atoms. The highest BCUT2D eigenvalue weighted by Gasteiger charge is 2.30. The monoisotopic (exact) mass is 494 g/mol. The van der Waals surface area contributed by atoms with E-state index in [1.807, 2.05) is 6.07 Å². The van der Waals surface area contributed by atoms with Crippen molar-refractivity contribution in [1.82, 2.24) is 4.90 Å². The molecular formula is C33H35ClN2. The van der Waals surface area contributed by atoms with Crippen LogP contribution in [0.4, 0.5) is 0 Å². The average molecular weight is 495 g/mol. The minimum absolute atomic E-state index is 0. The summed E-state index contributed by atoms with van der Waals surface area (Å²) < 4.78 is 0. The zero-order valence-corrected chi connectivity index (χ0v) is 21.9. The molecule has 0 radical (unpaired) electrons. The fourth-order valence-electron chi connectivity index (χ4n) is 5.83. The largest absolute Gasteiger partial charge is 0.303 e. The van der Waals surface area contributed by atoms with E-state index >= 15 is 0 Å². The molecule has 0 bridgehead atoms. The fourth-order valence-corrected chi connectivity index (χ4v) is 5.83. The van der Waals surface area contributed by atoms with Gasteiger partial charge in [-0.3, -0.25) is 0 Å². The molecule has 0 aromatic heterocycles. The van der Waals surface area contributed by atoms with Gasteiger partial charge in [-0.15, -0.1) is 12.4 Å². The average Bonchev–Trinajstić information content (AvgIpc) is 3.09. The van der Waals surface area contributed by atoms with Gasteiger partial charge in [0.25, 0.3) is 0 Å². The van der Waals surface area contributed by atoms with E-state index in [-0.39, 0.29) is 17.8 Å². The van der Waals surface area contributed by atoms with Gasteiger partial charge in [0, 0.05) is 13.1 Å². The number of piperidine rings is 1. The van der Waals surface area contributed by atoms with E-state index in [2.05, 4.69) is 103 Å². The zero-order valence-electron chi connectivity index (χ0n) is 21.1. The van der Waals surface area contributed by atoms with E-state index in [0.717, 1.165) is 57.3 Å². The van der Waals surface area contributed by atoms with Crippen molar-refractivity contribution in [2.45, 2.75) is 44.4 Å². The van der Waals surface area contributed by atoms with Crippen LogP contribution in [-0.2, 0) is 5.41 Å². The van der Waals surface area contributed by atoms with Gasteiger partial charge in [-0.05, 0) is 72.0 Å². The Balaban J connectivity index is 0.00000304. The predicted octanol–water partition coefficient (Wildman–Crippen LogP) is 8.14. The topological polar surface area (TPSA) is 27.0 Å². The van der Waals surface area contributed by atoms with Crippen molar-refractivity contribution < 1.29 is 0 Å². The first-order valence-corrected chi connectivity index (χ1v) is 13.0. The Morgan fingerprint density at radius 3 is 1.92 bits per heavy atom. The number of halogens is 1. The molecular weight excluding hydrogens is 460 g/mol. The molecule has 3 aromatic carbocycles. The molecule has 1 aliphatic carbocycles. The smallest absolute Gasteiger partial charge is 0.0820 e. The Morgan fingerprint density at radius 1 is 0.806 bits per heavy atom. The van der Waals surface area contributed by atoms with Crippen LogP contribution in [0.5, 0.6) is 0 Å². The highest BCUT2D eigenvalue weighted by Crippen LogP contribution is 2.39. The molecule has 0 N–H and O–H groups in total. The zero-order chi connectivity index (χ0) is 24.1. The third-order valence-electron chi connectivity index (χ3n) is 7.94. The second kappa shape index (κ2) is 11.7. The minimum atomic E-state index is -0.370. The lowest BCUT2D eigenvalue weighted by Gasteiger charge is -2.32. The summed E-state index contributed by atoms with van der Waals surface area (Å²) in [7, 11) is 0. The van der Waals surface area contributed by atoms with Crippen LogP contribution in [0, 0.1) is 11.3 Å². The summed E-state index contributed by atoms with van der Waals surface area (Å²) in [6.07, 6.45) is 9.56. The van der Waals surface area contributed by atoms with Crippen LogP contribution in [0.15, 0.2) is 84.4 Å². The number of benzene rings is 3. The summed E-state index contributed by atoms with van der Waals surface area (Å²) in [6, 6.07) is 30.7. The molecule has 1 aliphatic heterocycles. The van der Waals surface area contributed by atoms with Gasteiger partial charge in [-0.2, -0.15) is 5.26 Å². The summed E-state index contributed by atoms with van der Waals surface area (Å²) in [4.78, 5) is 2.60. The predicted molar refractivity (Wildman–Crippen MR) is 154 cm³/mol. The highest BCUT2D eigenvalue weighted by molar-refractivity contribution is 5.94. The maximum Gasteiger partial charge on any atom is 0.0820 e. The van der Waals surface area contributed by atoms with Crippen molar-refractivity contribution in [3.8, 4) is 6.07 Å². The van der Waals surface area contributed by atoms with E-state index in [4.69, 9.17) is 0 Å². The standard InChI is InChI=1S/C33H34N2.ClH/c1-2-33(25-34,29-13-4-3-5-14-29)21-10-22-35-23-19-28(20-24-35)32-30-15-8-6-11-26(30)17-18-27-12-7-9-16-31(27)32;/h3-9,11-18H,2,10,19-24H2,1H3;1H. The van der Waals surface area contributed by atoms with Gasteiger partial charge in [-0.25, -0.2) is 0 Å². The van der Waals surface area contributed by atoms with Crippen molar-refractivity contribution >= 4 is 30.1 Å². The third kappa shape index (κ3) is 5.19. The van der Waals surface area contributed by atoms with Crippen LogP contribution in [0.25, 0.3) is 17.7 Å². The Morgan fingerprint density at radius 2 is 1.36 bits per heavy atom. The molecule has 1 heterocycles. The summed E-state index contributed by atoms with van der Waals surface area (Å²) in [6.45, 7) is 5.39. The second-order valence-corrected chi connectivity index (χ2v) is 9.85. The number of nitriles is 1. The Kier molecular flexibility index (Phi) is 8.47. The van der Waals surface area contributed by atoms with Crippen LogP contribution in [-0.4, -0.2) is 24.5 Å². The maximum atomic E-state index is 10.1. The van der Waals surface area contributed by atoms with Gasteiger partial charge in [0.05, 0.1) is 11.5 Å². The number of nitrogens with zero attached hydrogens (tertiary/aromatic N) is 2. The van der Waals surface area contributed by atoms with Crippen molar-refractivity contribution in [3.63, 3.8) is 0 Å². The molecule has 36 heavy (non-hydrogen) atoms. The van der Waals surface area contributed by atoms with Gasteiger partial charge >= 0.3 is 0 Å². The summed E-state index contributed by atoms with van der Waals surface area (Å²) in [5, 5.41) is 10.1. The first-order chi connectivity index (χ1) is 17.2. The van der Waals surface area contributed by atoms with Crippen LogP contribution < -0.4 is 0 Å². The number of hydrogen-bond acceptors (Lipinski definition) is 2. The minimum Gasteiger partial charge on any atom is -0.303 e. The Hall–Kier alpha value is -3.12. The third-order valence-corrected chi connectivity index (χ3v) is 7.94. The molecule has 0 saturated carbocycles. The molecule has 3 heteroatoms. The van der Waals surface area contributed by atoms with Gasteiger partial charge in [0.2, 0.25) is 0 Å². The van der Waals surface area contributed by atoms with Gasteiger partial charge in [0.15, 0.2) is 0 Å². The van der Waals surface area contributed by atoms with Gasteiger partial charge in [0.1, 0.15) is 0 Å². The van der Waals surface area contributed by atoms with E-state index in [0.29, 0.717) is 0 Å². The summed E-state index contributed by atoms with van der Waals surface area (Å²) >= 11 is 0. The highest BCUT2D eigenvalue weighted by atomic mass is 35.5. The molecule has 1 atom stereocenters. The number of hydrogen-bond donors (Lipinski definition) is 0. The lowest BCUT2D eigenvalue weighted by Crippen LogP contribution is -2.33. The van der Waals surface area contributed by atoms with E-state index in [9.17, 15) is 5.26 Å². The first-order valence-electron chi connectivity index (χ1n) is 13.0. The van der Waals surface area contributed by atoms with Crippen LogP contribution >= 0.6 is 12.4 Å². The van der Waals surface area contributed by atoms with E-state index in [1.54, 1.807) is 5.57 Å². The van der Waals surface area contributed by atoms with Gasteiger partial charge in [-0.1, -0.05) is 104 Å². The number of likely N-dealkylation sites (tertiary alicyclic amines) is 1. The lowest BCUT2D eigenvalue weighted by molar-refractivity contribution is 0.245. The molecule has 5 rings (SSSR count). The number of fused-ring (bicyclic) bond motifs is 2. The quantitative estimate of drug-likeness (QED) is 0.270. The molecule has 1 fully saturated rings. The molecule has 184 valence electrons. The summed E-state index contributed by atoms with van der Waals surface area (Å²) in [5.41, 5.74) is 9.15. The van der Waals surface area contributed by atoms with Crippen LogP contribution in [0.1, 0.15) is 66.8 Å². The van der Waals surface area contributed by atoms with Crippen LogP contribution in [0.2, 0.25) is 0 Å². The van der Waals surface area contributed by atoms with Crippen LogP contribution in [0.3, 0.4) is 0 Å². The molecule has 0 amide bonds. The Bertz CT molecular complexity index is 1220. The molecule has 1 unspecified atom stereocenters. The van der Waals surface area contributed by atoms with E-state index < -0.39 is 0 Å². The second-order valence-electron chi connectivity index (χ2n) is 9.85. The van der Waals surface area contributed by atoms with Crippen molar-refractivity contribution in [2.24, 2.45) is 0 Å². The molecule has 2 nitrogen and oxygen atoms in total. The van der Waals surface area contributed by atoms with Gasteiger partial charge < -0.3 is 4.90 Å². The fraction of sp³-hybridized carbons (Fsp3) is 0.303. The normalized spacial score (nSPS) is 16.7. The molecule has 3 aromatic rings. The first kappa shape index (κ1) is 26.0. The van der Waals surface area contributed by atoms with Crippen molar-refractivity contribution in [1.29, 1.82) is 5.26 Å².